The second-order valence-corrected chi connectivity index (χ2v) is 8.23. The minimum atomic E-state index is -1.29. The van der Waals surface area contributed by atoms with Crippen molar-refractivity contribution in [3.05, 3.63) is 30.9 Å². The van der Waals surface area contributed by atoms with Crippen molar-refractivity contribution < 1.29 is 8.95 Å². The molecule has 4 rings (SSSR count). The molecular weight excluding hydrogens is 376 g/mol. The van der Waals surface area contributed by atoms with Crippen molar-refractivity contribution in [2.24, 2.45) is 0 Å². The van der Waals surface area contributed by atoms with Gasteiger partial charge in [-0.2, -0.15) is 0 Å². The Morgan fingerprint density at radius 1 is 1.14 bits per heavy atom. The van der Waals surface area contributed by atoms with Gasteiger partial charge in [-0.05, 0) is 50.9 Å². The summed E-state index contributed by atoms with van der Waals surface area (Å²) in [6.07, 6.45) is 10.3. The Hall–Kier alpha value is -2.52. The lowest BCUT2D eigenvalue weighted by Gasteiger charge is -2.20. The number of nitrogens with one attached hydrogen (secondary N) is 3. The van der Waals surface area contributed by atoms with E-state index in [4.69, 9.17) is 4.74 Å². The molecule has 1 saturated carbocycles. The predicted molar refractivity (Wildman–Crippen MR) is 109 cm³/mol. The van der Waals surface area contributed by atoms with Gasteiger partial charge >= 0.3 is 0 Å². The molecule has 0 aliphatic heterocycles. The molecule has 0 bridgehead atoms. The first kappa shape index (κ1) is 18.8. The van der Waals surface area contributed by atoms with E-state index >= 15 is 0 Å². The maximum Gasteiger partial charge on any atom is 0.182 e. The largest absolute Gasteiger partial charge is 0.488 e. The molecule has 0 radical (unpaired) electrons. The van der Waals surface area contributed by atoms with Gasteiger partial charge in [-0.1, -0.05) is 12.8 Å². The molecule has 1 fully saturated rings. The highest BCUT2D eigenvalue weighted by Gasteiger charge is 2.18. The summed E-state index contributed by atoms with van der Waals surface area (Å²) in [6, 6.07) is 5.54. The molecule has 1 aromatic carbocycles. The van der Waals surface area contributed by atoms with Crippen LogP contribution in [0.1, 0.15) is 38.5 Å². The van der Waals surface area contributed by atoms with Gasteiger partial charge in [-0.25, -0.2) is 23.9 Å². The Bertz CT molecular complexity index is 968. The molecule has 3 aromatic rings. The highest BCUT2D eigenvalue weighted by atomic mass is 32.2. The molecule has 8 nitrogen and oxygen atoms in total. The molecule has 3 N–H and O–H groups in total. The Kier molecular flexibility index (Phi) is 5.82. The van der Waals surface area contributed by atoms with Crippen molar-refractivity contribution in [2.75, 3.05) is 12.4 Å². The summed E-state index contributed by atoms with van der Waals surface area (Å²) < 4.78 is 21.3. The summed E-state index contributed by atoms with van der Waals surface area (Å²) in [5, 5.41) is 3.32. The van der Waals surface area contributed by atoms with Gasteiger partial charge in [0.25, 0.3) is 0 Å². The topological polar surface area (TPSA) is 105 Å². The van der Waals surface area contributed by atoms with E-state index in [2.05, 4.69) is 30.0 Å². The first-order valence-electron chi connectivity index (χ1n) is 9.55. The summed E-state index contributed by atoms with van der Waals surface area (Å²) >= 11 is 0. The average molecular weight is 401 g/mol. The number of ether oxygens (including phenoxy) is 1. The fraction of sp³-hybridized carbons (Fsp3) is 0.421. The molecule has 0 saturated heterocycles. The number of H-pyrrole nitrogens is 1. The van der Waals surface area contributed by atoms with Crippen LogP contribution in [0.5, 0.6) is 5.75 Å². The Balaban J connectivity index is 1.67. The summed E-state index contributed by atoms with van der Waals surface area (Å²) in [6.45, 7) is 0. The number of rotatable bonds is 6. The zero-order chi connectivity index (χ0) is 19.3. The first-order valence-corrected chi connectivity index (χ1v) is 10.7. The number of anilines is 2. The van der Waals surface area contributed by atoms with Crippen LogP contribution in [-0.4, -0.2) is 37.3 Å². The number of hydrogen-bond donors (Lipinski definition) is 3. The van der Waals surface area contributed by atoms with Gasteiger partial charge in [0.1, 0.15) is 28.6 Å². The van der Waals surface area contributed by atoms with E-state index in [1.807, 2.05) is 18.2 Å². The van der Waals surface area contributed by atoms with Crippen molar-refractivity contribution >= 4 is 33.7 Å². The Labute approximate surface area is 166 Å². The maximum absolute atomic E-state index is 12.2. The molecule has 2 aromatic heterocycles. The monoisotopic (exact) mass is 400 g/mol. The standard InChI is InChI=1S/C19H24N6O2S/c1-20-28(26)14-8-9-16(27-13-6-4-2-3-5-7-13)15(10-14)25-19-17-18(22-11-21-17)23-12-24-19/h8-13,20H,2-7H2,1H3,(H2,21,22,23,24,25). The van der Waals surface area contributed by atoms with Crippen LogP contribution >= 0.6 is 0 Å². The van der Waals surface area contributed by atoms with Crippen molar-refractivity contribution in [1.82, 2.24) is 24.7 Å². The second kappa shape index (κ2) is 8.66. The lowest BCUT2D eigenvalue weighted by atomic mass is 10.1. The van der Waals surface area contributed by atoms with Crippen molar-refractivity contribution in [3.63, 3.8) is 0 Å². The van der Waals surface area contributed by atoms with E-state index in [1.165, 1.54) is 32.0 Å². The first-order chi connectivity index (χ1) is 13.7. The van der Waals surface area contributed by atoms with Crippen LogP contribution in [0, 0.1) is 0 Å². The molecule has 0 spiro atoms. The zero-order valence-electron chi connectivity index (χ0n) is 15.8. The van der Waals surface area contributed by atoms with Gasteiger partial charge in [0.2, 0.25) is 0 Å². The van der Waals surface area contributed by atoms with Crippen LogP contribution in [0.15, 0.2) is 35.7 Å². The third-order valence-electron chi connectivity index (χ3n) is 4.92. The van der Waals surface area contributed by atoms with E-state index in [9.17, 15) is 4.21 Å². The number of nitrogens with zero attached hydrogens (tertiary/aromatic N) is 3. The van der Waals surface area contributed by atoms with E-state index in [0.717, 1.165) is 24.3 Å². The second-order valence-electron chi connectivity index (χ2n) is 6.81. The summed E-state index contributed by atoms with van der Waals surface area (Å²) in [5.74, 6) is 1.33. The molecule has 1 unspecified atom stereocenters. The summed E-state index contributed by atoms with van der Waals surface area (Å²) in [7, 11) is 0.370. The molecule has 28 heavy (non-hydrogen) atoms. The molecule has 1 atom stereocenters. The SMILES string of the molecule is CNS(=O)c1ccc(OC2CCCCCC2)c(Nc2ncnc3nc[nH]c23)c1. The zero-order valence-corrected chi connectivity index (χ0v) is 16.6. The van der Waals surface area contributed by atoms with Gasteiger partial charge in [0, 0.05) is 0 Å². The molecule has 1 aliphatic rings. The van der Waals surface area contributed by atoms with Crippen LogP contribution in [-0.2, 0) is 11.0 Å². The smallest absolute Gasteiger partial charge is 0.182 e. The van der Waals surface area contributed by atoms with Crippen LogP contribution < -0.4 is 14.8 Å². The average Bonchev–Trinajstić information content (AvgIpc) is 3.06. The van der Waals surface area contributed by atoms with Crippen LogP contribution in [0.4, 0.5) is 11.5 Å². The molecule has 0 amide bonds. The van der Waals surface area contributed by atoms with Crippen molar-refractivity contribution in [1.29, 1.82) is 0 Å². The molecular formula is C19H24N6O2S. The normalized spacial score (nSPS) is 16.6. The fourth-order valence-electron chi connectivity index (χ4n) is 3.47. The third-order valence-corrected chi connectivity index (χ3v) is 5.98. The number of imidazole rings is 1. The Morgan fingerprint density at radius 3 is 2.75 bits per heavy atom. The number of aromatic nitrogens is 4. The lowest BCUT2D eigenvalue weighted by Crippen LogP contribution is -2.16. The molecule has 148 valence electrons. The van der Waals surface area contributed by atoms with E-state index < -0.39 is 11.0 Å². The maximum atomic E-state index is 12.2. The van der Waals surface area contributed by atoms with E-state index in [0.29, 0.717) is 21.9 Å². The van der Waals surface area contributed by atoms with Gasteiger partial charge < -0.3 is 15.0 Å². The fourth-order valence-corrected chi connectivity index (χ4v) is 4.12. The van der Waals surface area contributed by atoms with Crippen LogP contribution in [0.2, 0.25) is 0 Å². The van der Waals surface area contributed by atoms with Crippen molar-refractivity contribution in [2.45, 2.75) is 49.5 Å². The van der Waals surface area contributed by atoms with Gasteiger partial charge in [-0.15, -0.1) is 0 Å². The molecule has 9 heteroatoms. The molecule has 1 aliphatic carbocycles. The number of aromatic amines is 1. The minimum absolute atomic E-state index is 0.196. The third kappa shape index (κ3) is 4.15. The van der Waals surface area contributed by atoms with Crippen LogP contribution in [0.25, 0.3) is 11.2 Å². The Morgan fingerprint density at radius 2 is 1.96 bits per heavy atom. The number of fused-ring (bicyclic) bond motifs is 1. The summed E-state index contributed by atoms with van der Waals surface area (Å²) in [5.41, 5.74) is 2.02. The van der Waals surface area contributed by atoms with Gasteiger partial charge in [0.05, 0.1) is 23.0 Å². The number of hydrogen-bond acceptors (Lipinski definition) is 6. The van der Waals surface area contributed by atoms with Crippen LogP contribution in [0.3, 0.4) is 0 Å². The predicted octanol–water partition coefficient (Wildman–Crippen LogP) is 3.44. The van der Waals surface area contributed by atoms with Gasteiger partial charge in [-0.3, -0.25) is 0 Å². The van der Waals surface area contributed by atoms with Crippen molar-refractivity contribution in [3.8, 4) is 5.75 Å². The minimum Gasteiger partial charge on any atom is -0.488 e. The highest BCUT2D eigenvalue weighted by molar-refractivity contribution is 7.83. The van der Waals surface area contributed by atoms with E-state index in [1.54, 1.807) is 13.4 Å². The lowest BCUT2D eigenvalue weighted by molar-refractivity contribution is 0.185. The van der Waals surface area contributed by atoms with E-state index in [-0.39, 0.29) is 6.10 Å². The quantitative estimate of drug-likeness (QED) is 0.548. The number of benzene rings is 1. The highest BCUT2D eigenvalue weighted by Crippen LogP contribution is 2.33. The molecule has 2 heterocycles. The summed E-state index contributed by atoms with van der Waals surface area (Å²) in [4.78, 5) is 16.4. The van der Waals surface area contributed by atoms with Gasteiger partial charge in [0.15, 0.2) is 11.5 Å².